The van der Waals surface area contributed by atoms with Crippen LogP contribution in [0.3, 0.4) is 0 Å². The van der Waals surface area contributed by atoms with E-state index in [1.54, 1.807) is 6.07 Å². The Balaban J connectivity index is 2.25. The van der Waals surface area contributed by atoms with E-state index in [0.717, 1.165) is 18.4 Å². The largest absolute Gasteiger partial charge is 0.381 e. The quantitative estimate of drug-likeness (QED) is 0.855. The molecule has 4 heteroatoms. The van der Waals surface area contributed by atoms with Crippen LogP contribution in [0.25, 0.3) is 0 Å². The van der Waals surface area contributed by atoms with Gasteiger partial charge in [0.25, 0.3) is 0 Å². The number of rotatable bonds is 2. The Kier molecular flexibility index (Phi) is 3.60. The molecule has 0 bridgehead atoms. The summed E-state index contributed by atoms with van der Waals surface area (Å²) in [5.74, 6) is -0.362. The fraction of sp³-hybridized carbons (Fsp3) is 0.462. The summed E-state index contributed by atoms with van der Waals surface area (Å²) in [6.07, 6.45) is 1.69. The first-order valence-electron chi connectivity index (χ1n) is 5.76. The third-order valence-electron chi connectivity index (χ3n) is 3.04. The lowest BCUT2D eigenvalue weighted by Gasteiger charge is -2.25. The second kappa shape index (κ2) is 5.15. The van der Waals surface area contributed by atoms with Crippen molar-refractivity contribution in [3.8, 4) is 6.07 Å². The van der Waals surface area contributed by atoms with Crippen LogP contribution in [0.1, 0.15) is 24.0 Å². The van der Waals surface area contributed by atoms with E-state index in [9.17, 15) is 4.39 Å². The van der Waals surface area contributed by atoms with Crippen LogP contribution in [0.4, 0.5) is 10.1 Å². The Hall–Kier alpha value is -1.60. The molecule has 0 aromatic heterocycles. The third-order valence-corrected chi connectivity index (χ3v) is 3.04. The lowest BCUT2D eigenvalue weighted by atomic mass is 10.0. The summed E-state index contributed by atoms with van der Waals surface area (Å²) in [5.41, 5.74) is 1.53. The van der Waals surface area contributed by atoms with Crippen LogP contribution in [-0.2, 0) is 4.74 Å². The molecule has 0 unspecified atom stereocenters. The molecule has 0 amide bonds. The predicted octanol–water partition coefficient (Wildman–Crippen LogP) is 2.60. The summed E-state index contributed by atoms with van der Waals surface area (Å²) in [5, 5.41) is 12.2. The second-order valence-corrected chi connectivity index (χ2v) is 4.26. The molecular weight excluding hydrogens is 219 g/mol. The van der Waals surface area contributed by atoms with E-state index < -0.39 is 0 Å². The van der Waals surface area contributed by atoms with Crippen LogP contribution in [-0.4, -0.2) is 19.3 Å². The van der Waals surface area contributed by atoms with Gasteiger partial charge in [-0.2, -0.15) is 5.26 Å². The summed E-state index contributed by atoms with van der Waals surface area (Å²) < 4.78 is 19.0. The number of aryl methyl sites for hydroxylation is 1. The summed E-state index contributed by atoms with van der Waals surface area (Å²) in [4.78, 5) is 0. The lowest BCUT2D eigenvalue weighted by molar-refractivity contribution is 0.0904. The lowest BCUT2D eigenvalue weighted by Crippen LogP contribution is -2.28. The highest BCUT2D eigenvalue weighted by molar-refractivity contribution is 5.62. The van der Waals surface area contributed by atoms with Crippen LogP contribution >= 0.6 is 0 Å². The number of benzene rings is 1. The second-order valence-electron chi connectivity index (χ2n) is 4.26. The molecule has 3 nitrogen and oxygen atoms in total. The molecule has 90 valence electrons. The topological polar surface area (TPSA) is 45.0 Å². The maximum atomic E-state index is 13.7. The predicted molar refractivity (Wildman–Crippen MR) is 63.3 cm³/mol. The van der Waals surface area contributed by atoms with Crippen molar-refractivity contribution in [3.63, 3.8) is 0 Å². The normalized spacial score (nSPS) is 16.5. The van der Waals surface area contributed by atoms with E-state index in [1.807, 2.05) is 6.92 Å². The number of nitriles is 1. The summed E-state index contributed by atoms with van der Waals surface area (Å²) in [6.45, 7) is 3.19. The average molecular weight is 234 g/mol. The van der Waals surface area contributed by atoms with Crippen molar-refractivity contribution in [3.05, 3.63) is 29.1 Å². The van der Waals surface area contributed by atoms with Crippen LogP contribution in [0.2, 0.25) is 0 Å². The van der Waals surface area contributed by atoms with Crippen molar-refractivity contribution in [1.29, 1.82) is 5.26 Å². The fourth-order valence-corrected chi connectivity index (χ4v) is 2.01. The molecule has 0 spiro atoms. The number of hydrogen-bond donors (Lipinski definition) is 1. The van der Waals surface area contributed by atoms with Crippen LogP contribution in [0.5, 0.6) is 0 Å². The maximum absolute atomic E-state index is 13.7. The van der Waals surface area contributed by atoms with Crippen LogP contribution < -0.4 is 5.32 Å². The molecular formula is C13H15FN2O. The molecule has 2 rings (SSSR count). The van der Waals surface area contributed by atoms with E-state index in [1.165, 1.54) is 6.07 Å². The molecule has 1 aromatic carbocycles. The van der Waals surface area contributed by atoms with Gasteiger partial charge in [-0.1, -0.05) is 6.07 Å². The minimum Gasteiger partial charge on any atom is -0.381 e. The number of halogens is 1. The maximum Gasteiger partial charge on any atom is 0.147 e. The van der Waals surface area contributed by atoms with Gasteiger partial charge in [0.15, 0.2) is 0 Å². The van der Waals surface area contributed by atoms with Gasteiger partial charge >= 0.3 is 0 Å². The highest BCUT2D eigenvalue weighted by atomic mass is 19.1. The van der Waals surface area contributed by atoms with Gasteiger partial charge in [0, 0.05) is 19.3 Å². The first-order valence-corrected chi connectivity index (χ1v) is 5.76. The van der Waals surface area contributed by atoms with Gasteiger partial charge in [0.1, 0.15) is 11.9 Å². The van der Waals surface area contributed by atoms with Gasteiger partial charge in [-0.25, -0.2) is 4.39 Å². The van der Waals surface area contributed by atoms with E-state index >= 15 is 0 Å². The number of ether oxygens (including phenoxy) is 1. The fourth-order valence-electron chi connectivity index (χ4n) is 2.01. The Morgan fingerprint density at radius 3 is 2.76 bits per heavy atom. The van der Waals surface area contributed by atoms with Gasteiger partial charge < -0.3 is 10.1 Å². The molecule has 0 atom stereocenters. The number of anilines is 1. The molecule has 17 heavy (non-hydrogen) atoms. The molecule has 1 N–H and O–H groups in total. The van der Waals surface area contributed by atoms with Crippen molar-refractivity contribution < 1.29 is 9.13 Å². The molecule has 1 fully saturated rings. The molecule has 1 aliphatic rings. The van der Waals surface area contributed by atoms with E-state index in [0.29, 0.717) is 24.5 Å². The average Bonchev–Trinajstić information content (AvgIpc) is 2.35. The molecule has 1 aliphatic heterocycles. The van der Waals surface area contributed by atoms with Gasteiger partial charge in [-0.15, -0.1) is 0 Å². The highest BCUT2D eigenvalue weighted by Crippen LogP contribution is 2.25. The molecule has 1 saturated heterocycles. The zero-order valence-corrected chi connectivity index (χ0v) is 9.79. The Bertz CT molecular complexity index is 447. The monoisotopic (exact) mass is 234 g/mol. The van der Waals surface area contributed by atoms with Crippen molar-refractivity contribution in [2.45, 2.75) is 25.8 Å². The van der Waals surface area contributed by atoms with Gasteiger partial charge in [0.05, 0.1) is 11.3 Å². The zero-order chi connectivity index (χ0) is 12.3. The van der Waals surface area contributed by atoms with Gasteiger partial charge in [-0.05, 0) is 31.4 Å². The third kappa shape index (κ3) is 2.56. The standard InChI is InChI=1S/C13H15FN2O/c1-9-2-3-12(14)13(11(9)8-15)16-10-4-6-17-7-5-10/h2-3,10,16H,4-7H2,1H3. The number of hydrogen-bond acceptors (Lipinski definition) is 3. The van der Waals surface area contributed by atoms with Crippen LogP contribution in [0, 0.1) is 24.1 Å². The Labute approximate surface area is 100 Å². The minimum absolute atomic E-state index is 0.187. The molecule has 1 heterocycles. The Morgan fingerprint density at radius 2 is 2.12 bits per heavy atom. The highest BCUT2D eigenvalue weighted by Gasteiger charge is 2.18. The number of nitrogens with one attached hydrogen (secondary N) is 1. The summed E-state index contributed by atoms with van der Waals surface area (Å²) >= 11 is 0. The smallest absolute Gasteiger partial charge is 0.147 e. The summed E-state index contributed by atoms with van der Waals surface area (Å²) in [6, 6.07) is 5.28. The van der Waals surface area contributed by atoms with Gasteiger partial charge in [-0.3, -0.25) is 0 Å². The van der Waals surface area contributed by atoms with Crippen LogP contribution in [0.15, 0.2) is 12.1 Å². The van der Waals surface area contributed by atoms with E-state index in [4.69, 9.17) is 10.00 Å². The molecule has 0 saturated carbocycles. The summed E-state index contributed by atoms with van der Waals surface area (Å²) in [7, 11) is 0. The first kappa shape index (κ1) is 11.9. The van der Waals surface area contributed by atoms with Crippen molar-refractivity contribution >= 4 is 5.69 Å². The SMILES string of the molecule is Cc1ccc(F)c(NC2CCOCC2)c1C#N. The number of nitrogens with zero attached hydrogens (tertiary/aromatic N) is 1. The minimum atomic E-state index is -0.362. The Morgan fingerprint density at radius 1 is 1.41 bits per heavy atom. The van der Waals surface area contributed by atoms with E-state index in [-0.39, 0.29) is 11.9 Å². The van der Waals surface area contributed by atoms with Gasteiger partial charge in [0.2, 0.25) is 0 Å². The molecule has 0 aliphatic carbocycles. The molecule has 0 radical (unpaired) electrons. The zero-order valence-electron chi connectivity index (χ0n) is 9.79. The van der Waals surface area contributed by atoms with Crippen molar-refractivity contribution in [2.75, 3.05) is 18.5 Å². The van der Waals surface area contributed by atoms with Crippen molar-refractivity contribution in [2.24, 2.45) is 0 Å². The van der Waals surface area contributed by atoms with E-state index in [2.05, 4.69) is 11.4 Å². The molecule has 1 aromatic rings. The van der Waals surface area contributed by atoms with Crippen molar-refractivity contribution in [1.82, 2.24) is 0 Å². The first-order chi connectivity index (χ1) is 8.22.